The summed E-state index contributed by atoms with van der Waals surface area (Å²) in [4.78, 5) is 11.1. The van der Waals surface area contributed by atoms with Crippen LogP contribution in [0.15, 0.2) is 30.6 Å². The fourth-order valence-corrected chi connectivity index (χ4v) is 4.32. The van der Waals surface area contributed by atoms with Crippen LogP contribution in [0.4, 0.5) is 5.82 Å². The van der Waals surface area contributed by atoms with Gasteiger partial charge in [0, 0.05) is 43.9 Å². The van der Waals surface area contributed by atoms with Crippen molar-refractivity contribution in [1.29, 1.82) is 0 Å². The van der Waals surface area contributed by atoms with E-state index in [1.165, 1.54) is 0 Å². The minimum atomic E-state index is -0.925. The molecule has 1 saturated heterocycles. The molecule has 9 heteroatoms. The Bertz CT molecular complexity index is 1070. The van der Waals surface area contributed by atoms with Crippen LogP contribution < -0.4 is 9.64 Å². The van der Waals surface area contributed by atoms with Crippen molar-refractivity contribution in [1.82, 2.24) is 24.5 Å². The van der Waals surface area contributed by atoms with Crippen LogP contribution in [0.2, 0.25) is 0 Å². The van der Waals surface area contributed by atoms with Crippen molar-refractivity contribution in [2.24, 2.45) is 0 Å². The summed E-state index contributed by atoms with van der Waals surface area (Å²) in [6.07, 6.45) is 5.50. The number of aromatic amines is 1. The number of anilines is 1. The molecule has 2 aliphatic rings. The van der Waals surface area contributed by atoms with E-state index in [0.29, 0.717) is 0 Å². The molecule has 8 nitrogen and oxygen atoms in total. The van der Waals surface area contributed by atoms with Crippen molar-refractivity contribution >= 4 is 27.7 Å². The molecule has 1 unspecified atom stereocenters. The molecule has 1 aromatic carbocycles. The van der Waals surface area contributed by atoms with E-state index in [1.54, 1.807) is 12.6 Å². The number of benzene rings is 1. The molecule has 1 N–H and O–H groups in total. The monoisotopic (exact) mass is 412 g/mol. The van der Waals surface area contributed by atoms with Crippen LogP contribution in [0.3, 0.4) is 0 Å². The van der Waals surface area contributed by atoms with Crippen molar-refractivity contribution in [3.63, 3.8) is 0 Å². The Morgan fingerprint density at radius 2 is 1.93 bits per heavy atom. The summed E-state index contributed by atoms with van der Waals surface area (Å²) in [5, 5.41) is 8.58. The number of nitrogens with one attached hydrogen (secondary N) is 1. The van der Waals surface area contributed by atoms with Gasteiger partial charge in [0.25, 0.3) is 0 Å². The SMILES string of the molecule is CS(=O)N1CCN(c2cc(-c3n[nH]c4ccc(OC5(C)CC5)cc34)ncn2)CC1. The molecular formula is C20H24N6O2S. The molecule has 1 aliphatic carbocycles. The Labute approximate surface area is 171 Å². The zero-order valence-corrected chi connectivity index (χ0v) is 17.4. The van der Waals surface area contributed by atoms with Crippen LogP contribution in [-0.2, 0) is 11.0 Å². The van der Waals surface area contributed by atoms with Gasteiger partial charge in [0.05, 0.1) is 22.2 Å². The minimum Gasteiger partial charge on any atom is -0.488 e. The van der Waals surface area contributed by atoms with E-state index in [-0.39, 0.29) is 5.60 Å². The summed E-state index contributed by atoms with van der Waals surface area (Å²) in [5.41, 5.74) is 2.50. The van der Waals surface area contributed by atoms with Gasteiger partial charge in [-0.3, -0.25) is 5.10 Å². The number of piperazine rings is 1. The van der Waals surface area contributed by atoms with Crippen molar-refractivity contribution in [3.05, 3.63) is 30.6 Å². The number of rotatable bonds is 5. The summed E-state index contributed by atoms with van der Waals surface area (Å²) in [6, 6.07) is 7.99. The number of hydrogen-bond donors (Lipinski definition) is 1. The van der Waals surface area contributed by atoms with E-state index in [0.717, 1.165) is 72.9 Å². The Hall–Kier alpha value is -2.52. The summed E-state index contributed by atoms with van der Waals surface area (Å²) in [7, 11) is -0.925. The molecule has 5 rings (SSSR count). The van der Waals surface area contributed by atoms with Crippen molar-refractivity contribution in [2.45, 2.75) is 25.4 Å². The molecule has 2 aromatic heterocycles. The number of hydrogen-bond acceptors (Lipinski definition) is 6. The van der Waals surface area contributed by atoms with E-state index in [1.807, 2.05) is 28.6 Å². The van der Waals surface area contributed by atoms with Gasteiger partial charge in [-0.15, -0.1) is 0 Å². The second-order valence-electron chi connectivity index (χ2n) is 7.93. The van der Waals surface area contributed by atoms with Gasteiger partial charge < -0.3 is 9.64 Å². The van der Waals surface area contributed by atoms with Crippen LogP contribution in [0.5, 0.6) is 5.75 Å². The molecule has 152 valence electrons. The van der Waals surface area contributed by atoms with Crippen LogP contribution in [0.25, 0.3) is 22.3 Å². The fourth-order valence-electron chi connectivity index (χ4n) is 3.64. The fraction of sp³-hybridized carbons (Fsp3) is 0.450. The summed E-state index contributed by atoms with van der Waals surface area (Å²) >= 11 is 0. The summed E-state index contributed by atoms with van der Waals surface area (Å²) in [5.74, 6) is 1.73. The smallest absolute Gasteiger partial charge is 0.132 e. The van der Waals surface area contributed by atoms with Crippen LogP contribution >= 0.6 is 0 Å². The van der Waals surface area contributed by atoms with E-state index < -0.39 is 11.0 Å². The van der Waals surface area contributed by atoms with Crippen LogP contribution in [0.1, 0.15) is 19.8 Å². The van der Waals surface area contributed by atoms with Crippen molar-refractivity contribution in [3.8, 4) is 17.1 Å². The highest BCUT2D eigenvalue weighted by atomic mass is 32.2. The largest absolute Gasteiger partial charge is 0.488 e. The highest BCUT2D eigenvalue weighted by molar-refractivity contribution is 7.81. The van der Waals surface area contributed by atoms with E-state index in [9.17, 15) is 4.21 Å². The van der Waals surface area contributed by atoms with Gasteiger partial charge in [-0.2, -0.15) is 5.10 Å². The van der Waals surface area contributed by atoms with Gasteiger partial charge in [-0.05, 0) is 38.0 Å². The molecule has 3 aromatic rings. The first-order chi connectivity index (χ1) is 14.0. The highest BCUT2D eigenvalue weighted by Crippen LogP contribution is 2.40. The standard InChI is InChI=1S/C20H24N6O2S/c1-20(5-6-20)28-14-3-4-16-15(11-14)19(24-23-16)17-12-18(22-13-21-17)25-7-9-26(10-8-25)29(2)27/h3-4,11-13H,5-10H2,1-2H3,(H,23,24). The lowest BCUT2D eigenvalue weighted by Crippen LogP contribution is -2.47. The number of H-pyrrole nitrogens is 1. The van der Waals surface area contributed by atoms with E-state index >= 15 is 0 Å². The Balaban J connectivity index is 1.42. The first-order valence-corrected chi connectivity index (χ1v) is 11.4. The van der Waals surface area contributed by atoms with E-state index in [4.69, 9.17) is 4.74 Å². The second-order valence-corrected chi connectivity index (χ2v) is 9.30. The minimum absolute atomic E-state index is 0.0238. The molecule has 3 heterocycles. The third kappa shape index (κ3) is 3.72. The topological polar surface area (TPSA) is 87.2 Å². The molecule has 2 fully saturated rings. The Morgan fingerprint density at radius 1 is 1.14 bits per heavy atom. The van der Waals surface area contributed by atoms with Gasteiger partial charge in [0.15, 0.2) is 0 Å². The second kappa shape index (κ2) is 7.07. The van der Waals surface area contributed by atoms with Gasteiger partial charge in [-0.1, -0.05) is 0 Å². The lowest BCUT2D eigenvalue weighted by Gasteiger charge is -2.33. The van der Waals surface area contributed by atoms with Crippen molar-refractivity contribution in [2.75, 3.05) is 37.3 Å². The van der Waals surface area contributed by atoms with Crippen LogP contribution in [-0.4, -0.2) is 66.7 Å². The maximum absolute atomic E-state index is 11.7. The number of ether oxygens (including phenoxy) is 1. The zero-order valence-electron chi connectivity index (χ0n) is 16.6. The molecule has 0 radical (unpaired) electrons. The summed E-state index contributed by atoms with van der Waals surface area (Å²) in [6.45, 7) is 5.22. The number of fused-ring (bicyclic) bond motifs is 1. The Morgan fingerprint density at radius 3 is 2.66 bits per heavy atom. The van der Waals surface area contributed by atoms with Gasteiger partial charge >= 0.3 is 0 Å². The van der Waals surface area contributed by atoms with Crippen molar-refractivity contribution < 1.29 is 8.95 Å². The molecule has 29 heavy (non-hydrogen) atoms. The van der Waals surface area contributed by atoms with Gasteiger partial charge in [-0.25, -0.2) is 18.5 Å². The third-order valence-electron chi connectivity index (χ3n) is 5.67. The number of nitrogens with zero attached hydrogens (tertiary/aromatic N) is 5. The first kappa shape index (κ1) is 18.5. The Kier molecular flexibility index (Phi) is 4.51. The molecular weight excluding hydrogens is 388 g/mol. The molecule has 1 aliphatic heterocycles. The molecule has 0 bridgehead atoms. The molecule has 0 spiro atoms. The lowest BCUT2D eigenvalue weighted by molar-refractivity contribution is 0.200. The number of aromatic nitrogens is 4. The maximum Gasteiger partial charge on any atom is 0.132 e. The van der Waals surface area contributed by atoms with Crippen LogP contribution in [0, 0.1) is 0 Å². The maximum atomic E-state index is 11.7. The predicted octanol–water partition coefficient (Wildman–Crippen LogP) is 2.37. The van der Waals surface area contributed by atoms with Gasteiger partial charge in [0.1, 0.15) is 29.2 Å². The molecule has 1 saturated carbocycles. The average molecular weight is 413 g/mol. The first-order valence-electron chi connectivity index (χ1n) is 9.84. The summed E-state index contributed by atoms with van der Waals surface area (Å²) < 4.78 is 19.8. The third-order valence-corrected chi connectivity index (χ3v) is 6.77. The lowest BCUT2D eigenvalue weighted by atomic mass is 10.1. The highest BCUT2D eigenvalue weighted by Gasteiger charge is 2.40. The van der Waals surface area contributed by atoms with Gasteiger partial charge in [0.2, 0.25) is 0 Å². The normalized spacial score (nSPS) is 20.0. The van der Waals surface area contributed by atoms with E-state index in [2.05, 4.69) is 32.0 Å². The molecule has 1 atom stereocenters. The zero-order chi connectivity index (χ0) is 20.0. The quantitative estimate of drug-likeness (QED) is 0.692. The molecule has 0 amide bonds. The predicted molar refractivity (Wildman–Crippen MR) is 113 cm³/mol. The average Bonchev–Trinajstić information content (AvgIpc) is 3.31.